The second kappa shape index (κ2) is 10.9. The predicted molar refractivity (Wildman–Crippen MR) is 139 cm³/mol. The fraction of sp³-hybridized carbons (Fsp3) is 0.333. The van der Waals surface area contributed by atoms with Gasteiger partial charge in [0.1, 0.15) is 0 Å². The first kappa shape index (κ1) is 24.7. The highest BCUT2D eigenvalue weighted by molar-refractivity contribution is 7.92. The third-order valence-electron chi connectivity index (χ3n) is 6.37. The minimum atomic E-state index is -3.83. The van der Waals surface area contributed by atoms with Crippen LogP contribution in [0, 0.1) is 6.92 Å². The zero-order valence-corrected chi connectivity index (χ0v) is 21.1. The quantitative estimate of drug-likeness (QED) is 0.501. The number of benzene rings is 2. The van der Waals surface area contributed by atoms with E-state index in [2.05, 4.69) is 21.5 Å². The average Bonchev–Trinajstić information content (AvgIpc) is 2.88. The van der Waals surface area contributed by atoms with Gasteiger partial charge >= 0.3 is 0 Å². The molecule has 35 heavy (non-hydrogen) atoms. The molecule has 1 N–H and O–H groups in total. The Labute approximate surface area is 207 Å². The van der Waals surface area contributed by atoms with Crippen molar-refractivity contribution < 1.29 is 13.2 Å². The van der Waals surface area contributed by atoms with Gasteiger partial charge < -0.3 is 9.80 Å². The Morgan fingerprint density at radius 1 is 0.971 bits per heavy atom. The molecule has 8 heteroatoms. The number of pyridine rings is 1. The number of hydrogen-bond donors (Lipinski definition) is 1. The van der Waals surface area contributed by atoms with Gasteiger partial charge in [-0.2, -0.15) is 0 Å². The van der Waals surface area contributed by atoms with Gasteiger partial charge in [-0.1, -0.05) is 31.5 Å². The van der Waals surface area contributed by atoms with Gasteiger partial charge in [-0.15, -0.1) is 0 Å². The maximum atomic E-state index is 13.3. The minimum Gasteiger partial charge on any atom is -0.368 e. The highest BCUT2D eigenvalue weighted by atomic mass is 32.2. The lowest BCUT2D eigenvalue weighted by Crippen LogP contribution is -2.49. The molecular formula is C27H32N4O3S. The Kier molecular flexibility index (Phi) is 7.70. The summed E-state index contributed by atoms with van der Waals surface area (Å²) in [4.78, 5) is 21.5. The smallest absolute Gasteiger partial charge is 0.261 e. The van der Waals surface area contributed by atoms with Crippen molar-refractivity contribution in [3.63, 3.8) is 0 Å². The van der Waals surface area contributed by atoms with Gasteiger partial charge in [-0.3, -0.25) is 14.5 Å². The number of nitrogens with one attached hydrogen (secondary N) is 1. The number of rotatable bonds is 8. The molecule has 1 fully saturated rings. The summed E-state index contributed by atoms with van der Waals surface area (Å²) >= 11 is 0. The SMILES string of the molecule is CCCCc1ccc(NS(=O)(=O)c2ccc(C)c(C(=O)N3CCN(c4ccncc4)CC3)c2)cc1. The number of carbonyl (C=O) groups excluding carboxylic acids is 1. The molecular weight excluding hydrogens is 460 g/mol. The van der Waals surface area contributed by atoms with E-state index in [0.717, 1.165) is 30.5 Å². The fourth-order valence-electron chi connectivity index (χ4n) is 4.23. The molecule has 4 rings (SSSR count). The van der Waals surface area contributed by atoms with E-state index in [0.29, 0.717) is 37.4 Å². The van der Waals surface area contributed by atoms with E-state index in [9.17, 15) is 13.2 Å². The van der Waals surface area contributed by atoms with Gasteiger partial charge in [0.25, 0.3) is 15.9 Å². The molecule has 0 spiro atoms. The van der Waals surface area contributed by atoms with Crippen molar-refractivity contribution >= 4 is 27.3 Å². The molecule has 184 valence electrons. The molecule has 0 unspecified atom stereocenters. The van der Waals surface area contributed by atoms with E-state index in [1.54, 1.807) is 41.6 Å². The number of sulfonamides is 1. The van der Waals surface area contributed by atoms with Crippen LogP contribution in [0.2, 0.25) is 0 Å². The van der Waals surface area contributed by atoms with Gasteiger partial charge in [-0.05, 0) is 67.3 Å². The van der Waals surface area contributed by atoms with Gasteiger partial charge in [-0.25, -0.2) is 8.42 Å². The molecule has 2 heterocycles. The molecule has 1 aromatic heterocycles. The maximum absolute atomic E-state index is 13.3. The van der Waals surface area contributed by atoms with E-state index in [-0.39, 0.29) is 10.8 Å². The Bertz CT molecular complexity index is 1250. The van der Waals surface area contributed by atoms with Crippen LogP contribution in [-0.4, -0.2) is 50.4 Å². The number of aryl methyl sites for hydroxylation is 2. The van der Waals surface area contributed by atoms with Crippen LogP contribution in [0.25, 0.3) is 0 Å². The van der Waals surface area contributed by atoms with E-state index < -0.39 is 10.0 Å². The van der Waals surface area contributed by atoms with Crippen molar-refractivity contribution in [2.75, 3.05) is 35.8 Å². The third kappa shape index (κ3) is 6.00. The third-order valence-corrected chi connectivity index (χ3v) is 7.75. The summed E-state index contributed by atoms with van der Waals surface area (Å²) in [5.41, 5.74) is 3.94. The number of carbonyl (C=O) groups is 1. The van der Waals surface area contributed by atoms with Gasteiger partial charge in [0.05, 0.1) is 4.90 Å². The largest absolute Gasteiger partial charge is 0.368 e. The molecule has 1 amide bonds. The lowest BCUT2D eigenvalue weighted by molar-refractivity contribution is 0.0746. The lowest BCUT2D eigenvalue weighted by atomic mass is 10.1. The topological polar surface area (TPSA) is 82.6 Å². The number of hydrogen-bond acceptors (Lipinski definition) is 5. The zero-order valence-electron chi connectivity index (χ0n) is 20.3. The second-order valence-corrected chi connectivity index (χ2v) is 10.5. The van der Waals surface area contributed by atoms with Crippen molar-refractivity contribution in [2.24, 2.45) is 0 Å². The Morgan fingerprint density at radius 2 is 1.66 bits per heavy atom. The molecule has 7 nitrogen and oxygen atoms in total. The van der Waals surface area contributed by atoms with Crippen molar-refractivity contribution in [3.05, 3.63) is 83.7 Å². The monoisotopic (exact) mass is 492 g/mol. The van der Waals surface area contributed by atoms with Crippen LogP contribution in [0.4, 0.5) is 11.4 Å². The Morgan fingerprint density at radius 3 is 2.31 bits per heavy atom. The summed E-state index contributed by atoms with van der Waals surface area (Å²) in [6.45, 7) is 6.54. The molecule has 3 aromatic rings. The van der Waals surface area contributed by atoms with Crippen LogP contribution in [0.5, 0.6) is 0 Å². The number of aromatic nitrogens is 1. The van der Waals surface area contributed by atoms with E-state index in [4.69, 9.17) is 0 Å². The standard InChI is InChI=1S/C27H32N4O3S/c1-3-4-5-22-7-9-23(10-8-22)29-35(33,34)25-11-6-21(2)26(20-25)27(32)31-18-16-30(17-19-31)24-12-14-28-15-13-24/h6-15,20,29H,3-5,16-19H2,1-2H3. The van der Waals surface area contributed by atoms with Crippen molar-refractivity contribution in [1.29, 1.82) is 0 Å². The first-order chi connectivity index (χ1) is 16.9. The van der Waals surface area contributed by atoms with Crippen molar-refractivity contribution in [2.45, 2.75) is 38.0 Å². The predicted octanol–water partition coefficient (Wildman–Crippen LogP) is 4.50. The van der Waals surface area contributed by atoms with Gasteiger partial charge in [0.15, 0.2) is 0 Å². The second-order valence-electron chi connectivity index (χ2n) is 8.87. The first-order valence-electron chi connectivity index (χ1n) is 12.0. The summed E-state index contributed by atoms with van der Waals surface area (Å²) in [6.07, 6.45) is 6.71. The summed E-state index contributed by atoms with van der Waals surface area (Å²) in [7, 11) is -3.83. The number of amides is 1. The van der Waals surface area contributed by atoms with Crippen molar-refractivity contribution in [1.82, 2.24) is 9.88 Å². The van der Waals surface area contributed by atoms with Crippen LogP contribution in [0.3, 0.4) is 0 Å². The fourth-order valence-corrected chi connectivity index (χ4v) is 5.31. The molecule has 0 aliphatic carbocycles. The molecule has 1 aliphatic heterocycles. The van der Waals surface area contributed by atoms with E-state index >= 15 is 0 Å². The molecule has 0 saturated carbocycles. The summed E-state index contributed by atoms with van der Waals surface area (Å²) < 4.78 is 28.8. The molecule has 0 atom stereocenters. The Balaban J connectivity index is 1.45. The zero-order chi connectivity index (χ0) is 24.8. The highest BCUT2D eigenvalue weighted by Crippen LogP contribution is 2.22. The first-order valence-corrected chi connectivity index (χ1v) is 13.5. The number of piperazine rings is 1. The minimum absolute atomic E-state index is 0.0805. The van der Waals surface area contributed by atoms with Gasteiger partial charge in [0.2, 0.25) is 0 Å². The number of nitrogens with zero attached hydrogens (tertiary/aromatic N) is 3. The van der Waals surface area contributed by atoms with Crippen LogP contribution in [0.15, 0.2) is 71.9 Å². The molecule has 0 bridgehead atoms. The van der Waals surface area contributed by atoms with Crippen LogP contribution < -0.4 is 9.62 Å². The molecule has 2 aromatic carbocycles. The van der Waals surface area contributed by atoms with Crippen LogP contribution in [0.1, 0.15) is 41.3 Å². The normalized spacial score (nSPS) is 14.1. The number of anilines is 2. The van der Waals surface area contributed by atoms with Gasteiger partial charge in [0, 0.05) is 55.5 Å². The summed E-state index contributed by atoms with van der Waals surface area (Å²) in [5.74, 6) is -0.144. The Hall–Kier alpha value is -3.39. The highest BCUT2D eigenvalue weighted by Gasteiger charge is 2.25. The summed E-state index contributed by atoms with van der Waals surface area (Å²) in [5, 5.41) is 0. The maximum Gasteiger partial charge on any atom is 0.261 e. The van der Waals surface area contributed by atoms with Crippen molar-refractivity contribution in [3.8, 4) is 0 Å². The lowest BCUT2D eigenvalue weighted by Gasteiger charge is -2.36. The molecule has 1 aliphatic rings. The van der Waals surface area contributed by atoms with E-state index in [1.165, 1.54) is 11.6 Å². The van der Waals surface area contributed by atoms with Crippen LogP contribution >= 0.6 is 0 Å². The number of unbranched alkanes of at least 4 members (excludes halogenated alkanes) is 1. The summed E-state index contributed by atoms with van der Waals surface area (Å²) in [6, 6.07) is 16.1. The van der Waals surface area contributed by atoms with E-state index in [1.807, 2.05) is 31.2 Å². The molecule has 0 radical (unpaired) electrons. The van der Waals surface area contributed by atoms with Crippen LogP contribution in [-0.2, 0) is 16.4 Å². The molecule has 1 saturated heterocycles. The average molecular weight is 493 g/mol.